The molecule has 0 aliphatic carbocycles. The molecule has 1 aromatic heterocycles. The van der Waals surface area contributed by atoms with Crippen molar-refractivity contribution in [3.8, 4) is 5.69 Å². The SMILES string of the molecule is CC(C)N(CC(=O)Nc1cc(C(C)(C)C)nn1-c1ccc(Cl)c(Cl)c1)C(=O)Nc1ccccc1Br. The predicted molar refractivity (Wildman–Crippen MR) is 146 cm³/mol. The molecule has 0 spiro atoms. The zero-order chi connectivity index (χ0) is 25.9. The molecule has 10 heteroatoms. The standard InChI is InChI=1S/C25H28BrCl2N5O2/c1-15(2)32(24(35)29-20-9-7-6-8-17(20)26)14-23(34)30-22-13-21(25(3,4)5)31-33(22)16-10-11-18(27)19(28)12-16/h6-13,15H,14H2,1-5H3,(H,29,35)(H,30,34). The van der Waals surface area contributed by atoms with E-state index >= 15 is 0 Å². The molecule has 0 saturated carbocycles. The molecule has 35 heavy (non-hydrogen) atoms. The number of halogens is 3. The highest BCUT2D eigenvalue weighted by atomic mass is 79.9. The summed E-state index contributed by atoms with van der Waals surface area (Å²) < 4.78 is 2.36. The van der Waals surface area contributed by atoms with Crippen LogP contribution in [0.25, 0.3) is 5.69 Å². The van der Waals surface area contributed by atoms with E-state index in [4.69, 9.17) is 28.3 Å². The van der Waals surface area contributed by atoms with Crippen molar-refractivity contribution >= 4 is 62.6 Å². The first-order valence-corrected chi connectivity index (χ1v) is 12.6. The van der Waals surface area contributed by atoms with Crippen LogP contribution in [0.1, 0.15) is 40.3 Å². The molecule has 2 aromatic carbocycles. The number of hydrogen-bond acceptors (Lipinski definition) is 3. The van der Waals surface area contributed by atoms with E-state index in [-0.39, 0.29) is 29.9 Å². The summed E-state index contributed by atoms with van der Waals surface area (Å²) in [4.78, 5) is 27.5. The number of amides is 3. The van der Waals surface area contributed by atoms with Crippen LogP contribution in [0.4, 0.5) is 16.3 Å². The number of carbonyl (C=O) groups excluding carboxylic acids is 2. The molecule has 0 saturated heterocycles. The van der Waals surface area contributed by atoms with Gasteiger partial charge in [0.25, 0.3) is 0 Å². The van der Waals surface area contributed by atoms with E-state index in [1.807, 2.05) is 58.9 Å². The molecular formula is C25H28BrCl2N5O2. The molecule has 0 atom stereocenters. The van der Waals surface area contributed by atoms with E-state index in [0.29, 0.717) is 27.2 Å². The maximum Gasteiger partial charge on any atom is 0.322 e. The molecule has 7 nitrogen and oxygen atoms in total. The van der Waals surface area contributed by atoms with Gasteiger partial charge < -0.3 is 15.5 Å². The third-order valence-corrected chi connectivity index (χ3v) is 6.64. The van der Waals surface area contributed by atoms with E-state index in [1.165, 1.54) is 4.90 Å². The van der Waals surface area contributed by atoms with Crippen molar-refractivity contribution in [1.82, 2.24) is 14.7 Å². The van der Waals surface area contributed by atoms with Crippen LogP contribution < -0.4 is 10.6 Å². The molecule has 0 bridgehead atoms. The predicted octanol–water partition coefficient (Wildman–Crippen LogP) is 7.12. The number of aromatic nitrogens is 2. The summed E-state index contributed by atoms with van der Waals surface area (Å²) in [7, 11) is 0. The average molecular weight is 581 g/mol. The number of hydrogen-bond donors (Lipinski definition) is 2. The van der Waals surface area contributed by atoms with Crippen LogP contribution in [0.15, 0.2) is 53.0 Å². The molecule has 3 amide bonds. The molecule has 0 fully saturated rings. The lowest BCUT2D eigenvalue weighted by molar-refractivity contribution is -0.117. The molecule has 1 heterocycles. The number of rotatable bonds is 6. The molecule has 2 N–H and O–H groups in total. The summed E-state index contributed by atoms with van der Waals surface area (Å²) in [5.74, 6) is 0.107. The van der Waals surface area contributed by atoms with Gasteiger partial charge in [-0.25, -0.2) is 9.48 Å². The van der Waals surface area contributed by atoms with Gasteiger partial charge in [-0.3, -0.25) is 4.79 Å². The largest absolute Gasteiger partial charge is 0.322 e. The van der Waals surface area contributed by atoms with Gasteiger partial charge >= 0.3 is 6.03 Å². The highest BCUT2D eigenvalue weighted by Gasteiger charge is 2.24. The van der Waals surface area contributed by atoms with Gasteiger partial charge in [0.1, 0.15) is 12.4 Å². The number of nitrogens with zero attached hydrogens (tertiary/aromatic N) is 3. The smallest absolute Gasteiger partial charge is 0.313 e. The fraction of sp³-hybridized carbons (Fsp3) is 0.320. The van der Waals surface area contributed by atoms with Gasteiger partial charge in [-0.15, -0.1) is 0 Å². The Labute approximate surface area is 223 Å². The molecule has 3 aromatic rings. The lowest BCUT2D eigenvalue weighted by Gasteiger charge is -2.26. The zero-order valence-corrected chi connectivity index (χ0v) is 23.3. The fourth-order valence-electron chi connectivity index (χ4n) is 3.23. The Bertz CT molecular complexity index is 1240. The van der Waals surface area contributed by atoms with Crippen molar-refractivity contribution in [3.05, 3.63) is 68.7 Å². The number of benzene rings is 2. The summed E-state index contributed by atoms with van der Waals surface area (Å²) in [6.07, 6.45) is 0. The van der Waals surface area contributed by atoms with Crippen LogP contribution in [0, 0.1) is 0 Å². The van der Waals surface area contributed by atoms with E-state index < -0.39 is 0 Å². The molecule has 0 aliphatic heterocycles. The van der Waals surface area contributed by atoms with Crippen LogP contribution in [0.3, 0.4) is 0 Å². The number of anilines is 2. The molecule has 186 valence electrons. The summed E-state index contributed by atoms with van der Waals surface area (Å²) >= 11 is 15.7. The van der Waals surface area contributed by atoms with Crippen molar-refractivity contribution in [3.63, 3.8) is 0 Å². The minimum Gasteiger partial charge on any atom is -0.313 e. The Morgan fingerprint density at radius 3 is 2.34 bits per heavy atom. The number of para-hydroxylation sites is 1. The Morgan fingerprint density at radius 1 is 1.06 bits per heavy atom. The third kappa shape index (κ3) is 6.78. The quantitative estimate of drug-likeness (QED) is 0.326. The first-order chi connectivity index (χ1) is 16.4. The number of carbonyl (C=O) groups is 2. The van der Waals surface area contributed by atoms with Crippen LogP contribution >= 0.6 is 39.1 Å². The zero-order valence-electron chi connectivity index (χ0n) is 20.2. The first-order valence-electron chi connectivity index (χ1n) is 11.0. The maximum atomic E-state index is 13.1. The van der Waals surface area contributed by atoms with Crippen molar-refractivity contribution in [1.29, 1.82) is 0 Å². The Kier molecular flexibility index (Phi) is 8.51. The summed E-state index contributed by atoms with van der Waals surface area (Å²) in [6, 6.07) is 13.7. The fourth-order valence-corrected chi connectivity index (χ4v) is 3.90. The first kappa shape index (κ1) is 27.0. The van der Waals surface area contributed by atoms with Crippen LogP contribution in [0.5, 0.6) is 0 Å². The second kappa shape index (κ2) is 11.0. The van der Waals surface area contributed by atoms with Crippen LogP contribution in [-0.4, -0.2) is 39.2 Å². The van der Waals surface area contributed by atoms with Gasteiger partial charge in [-0.05, 0) is 60.1 Å². The third-order valence-electron chi connectivity index (χ3n) is 5.21. The van der Waals surface area contributed by atoms with Gasteiger partial charge in [-0.1, -0.05) is 56.1 Å². The number of urea groups is 1. The molecule has 0 unspecified atom stereocenters. The summed E-state index contributed by atoms with van der Waals surface area (Å²) in [5, 5.41) is 11.2. The minimum atomic E-state index is -0.379. The maximum absolute atomic E-state index is 13.1. The Balaban J connectivity index is 1.84. The monoisotopic (exact) mass is 579 g/mol. The van der Waals surface area contributed by atoms with E-state index in [2.05, 4.69) is 26.6 Å². The van der Waals surface area contributed by atoms with Crippen molar-refractivity contribution in [2.45, 2.75) is 46.1 Å². The van der Waals surface area contributed by atoms with Gasteiger partial charge in [0.2, 0.25) is 5.91 Å². The molecule has 3 rings (SSSR count). The van der Waals surface area contributed by atoms with Crippen molar-refractivity contribution in [2.75, 3.05) is 17.2 Å². The van der Waals surface area contributed by atoms with E-state index in [9.17, 15) is 9.59 Å². The normalized spacial score (nSPS) is 11.5. The van der Waals surface area contributed by atoms with Crippen molar-refractivity contribution < 1.29 is 9.59 Å². The second-order valence-corrected chi connectivity index (χ2v) is 11.0. The van der Waals surface area contributed by atoms with Gasteiger partial charge in [0.05, 0.1) is 27.1 Å². The van der Waals surface area contributed by atoms with Crippen LogP contribution in [-0.2, 0) is 10.2 Å². The second-order valence-electron chi connectivity index (χ2n) is 9.35. The topological polar surface area (TPSA) is 79.3 Å². The van der Waals surface area contributed by atoms with Crippen molar-refractivity contribution in [2.24, 2.45) is 0 Å². The van der Waals surface area contributed by atoms with E-state index in [1.54, 1.807) is 28.9 Å². The lowest BCUT2D eigenvalue weighted by Crippen LogP contribution is -2.44. The van der Waals surface area contributed by atoms with Gasteiger partial charge in [0, 0.05) is 22.0 Å². The molecule has 0 aliphatic rings. The van der Waals surface area contributed by atoms with Crippen LogP contribution in [0.2, 0.25) is 10.0 Å². The summed E-state index contributed by atoms with van der Waals surface area (Å²) in [5.41, 5.74) is 1.80. The molecule has 0 radical (unpaired) electrons. The summed E-state index contributed by atoms with van der Waals surface area (Å²) in [6.45, 7) is 9.66. The van der Waals surface area contributed by atoms with Gasteiger partial charge in [-0.2, -0.15) is 5.10 Å². The highest BCUT2D eigenvalue weighted by molar-refractivity contribution is 9.10. The lowest BCUT2D eigenvalue weighted by atomic mass is 9.92. The minimum absolute atomic E-state index is 0.147. The average Bonchev–Trinajstić information content (AvgIpc) is 3.19. The Hall–Kier alpha value is -2.55. The highest BCUT2D eigenvalue weighted by Crippen LogP contribution is 2.29. The number of nitrogens with one attached hydrogen (secondary N) is 2. The Morgan fingerprint density at radius 2 is 1.74 bits per heavy atom. The van der Waals surface area contributed by atoms with Gasteiger partial charge in [0.15, 0.2) is 0 Å². The molecular weight excluding hydrogens is 553 g/mol. The van der Waals surface area contributed by atoms with E-state index in [0.717, 1.165) is 10.2 Å².